The van der Waals surface area contributed by atoms with Gasteiger partial charge in [-0.2, -0.15) is 15.0 Å². The zero-order valence-electron chi connectivity index (χ0n) is 15.4. The maximum absolute atomic E-state index is 13.2. The summed E-state index contributed by atoms with van der Waals surface area (Å²) in [4.78, 5) is 17.1. The molecule has 28 heavy (non-hydrogen) atoms. The maximum atomic E-state index is 13.2. The Morgan fingerprint density at radius 2 is 1.36 bits per heavy atom. The number of piperidine rings is 1. The van der Waals surface area contributed by atoms with Crippen LogP contribution in [0.25, 0.3) is 11.1 Å². The van der Waals surface area contributed by atoms with E-state index in [1.165, 1.54) is 12.1 Å². The van der Waals surface area contributed by atoms with Crippen molar-refractivity contribution in [2.24, 2.45) is 0 Å². The molecule has 2 unspecified atom stereocenters. The van der Waals surface area contributed by atoms with Crippen LogP contribution in [0.3, 0.4) is 0 Å². The van der Waals surface area contributed by atoms with E-state index in [1.54, 1.807) is 29.3 Å². The molecule has 0 saturated carbocycles. The first-order chi connectivity index (χ1) is 13.7. The van der Waals surface area contributed by atoms with Gasteiger partial charge in [0.1, 0.15) is 5.82 Å². The maximum Gasteiger partial charge on any atom is 0.254 e. The van der Waals surface area contributed by atoms with E-state index >= 15 is 0 Å². The van der Waals surface area contributed by atoms with Crippen LogP contribution < -0.4 is 0 Å². The number of nitrogens with zero attached hydrogens (tertiary/aromatic N) is 4. The van der Waals surface area contributed by atoms with Crippen LogP contribution >= 0.6 is 0 Å². The highest BCUT2D eigenvalue weighted by Gasteiger charge is 2.44. The van der Waals surface area contributed by atoms with Gasteiger partial charge in [-0.1, -0.05) is 24.3 Å². The summed E-state index contributed by atoms with van der Waals surface area (Å²) in [6.45, 7) is 0. The minimum absolute atomic E-state index is 0.102. The van der Waals surface area contributed by atoms with Gasteiger partial charge in [0, 0.05) is 17.6 Å². The lowest BCUT2D eigenvalue weighted by atomic mass is 9.96. The lowest BCUT2D eigenvalue weighted by molar-refractivity contribution is 0.0512. The van der Waals surface area contributed by atoms with Crippen LogP contribution in [0.1, 0.15) is 42.1 Å². The first kappa shape index (κ1) is 17.1. The Labute approximate surface area is 162 Å². The van der Waals surface area contributed by atoms with E-state index in [0.29, 0.717) is 5.56 Å². The summed E-state index contributed by atoms with van der Waals surface area (Å²) in [6, 6.07) is 14.8. The molecule has 2 aliphatic heterocycles. The van der Waals surface area contributed by atoms with E-state index in [-0.39, 0.29) is 29.8 Å². The highest BCUT2D eigenvalue weighted by atomic mass is 19.1. The first-order valence-electron chi connectivity index (χ1n) is 9.73. The van der Waals surface area contributed by atoms with Gasteiger partial charge in [0.05, 0.1) is 18.4 Å². The van der Waals surface area contributed by atoms with Gasteiger partial charge in [0.2, 0.25) is 0 Å². The first-order valence-corrected chi connectivity index (χ1v) is 9.73. The molecule has 0 radical (unpaired) electrons. The van der Waals surface area contributed by atoms with Gasteiger partial charge in [-0.3, -0.25) is 4.79 Å². The van der Waals surface area contributed by atoms with Gasteiger partial charge in [0.15, 0.2) is 0 Å². The number of hydrogen-bond donors (Lipinski definition) is 0. The molecular weight excluding hydrogens is 355 g/mol. The molecule has 0 spiro atoms. The van der Waals surface area contributed by atoms with E-state index < -0.39 is 0 Å². The summed E-state index contributed by atoms with van der Waals surface area (Å²) in [5, 5.41) is 8.57. The van der Waals surface area contributed by atoms with Gasteiger partial charge in [-0.25, -0.2) is 4.39 Å². The molecule has 3 heterocycles. The molecule has 2 bridgehead atoms. The van der Waals surface area contributed by atoms with Crippen LogP contribution in [0.5, 0.6) is 0 Å². The Kier molecular flexibility index (Phi) is 4.19. The Hall–Kier alpha value is -3.02. The second-order valence-electron chi connectivity index (χ2n) is 7.66. The van der Waals surface area contributed by atoms with E-state index in [4.69, 9.17) is 0 Å². The number of rotatable bonds is 3. The van der Waals surface area contributed by atoms with Crippen molar-refractivity contribution in [3.8, 4) is 11.1 Å². The number of benzene rings is 2. The van der Waals surface area contributed by atoms with Crippen LogP contribution in [-0.2, 0) is 0 Å². The molecular formula is C22H21FN4O. The summed E-state index contributed by atoms with van der Waals surface area (Å²) in [5.74, 6) is -0.148. The molecule has 1 aromatic heterocycles. The van der Waals surface area contributed by atoms with Gasteiger partial charge in [-0.15, -0.1) is 0 Å². The van der Waals surface area contributed by atoms with Crippen LogP contribution in [-0.4, -0.2) is 37.9 Å². The van der Waals surface area contributed by atoms with Crippen molar-refractivity contribution in [2.75, 3.05) is 0 Å². The number of carbonyl (C=O) groups excluding carboxylic acids is 1. The van der Waals surface area contributed by atoms with Crippen molar-refractivity contribution in [2.45, 2.75) is 43.8 Å². The standard InChI is InChI=1S/C22H21FN4O/c23-18-7-5-16(6-8-18)15-1-3-17(4-2-15)22(28)26-19-9-10-20(26)14-21(13-19)27-24-11-12-25-27/h1-8,11-12,19-21H,9-10,13-14H2. The van der Waals surface area contributed by atoms with Gasteiger partial charge < -0.3 is 4.90 Å². The fourth-order valence-corrected chi connectivity index (χ4v) is 4.68. The zero-order valence-corrected chi connectivity index (χ0v) is 15.4. The number of carbonyl (C=O) groups is 1. The van der Waals surface area contributed by atoms with Crippen molar-refractivity contribution in [3.05, 3.63) is 72.3 Å². The molecule has 142 valence electrons. The van der Waals surface area contributed by atoms with E-state index in [0.717, 1.165) is 36.8 Å². The molecule has 0 N–H and O–H groups in total. The molecule has 2 aliphatic rings. The van der Waals surface area contributed by atoms with E-state index in [9.17, 15) is 9.18 Å². The molecule has 0 aliphatic carbocycles. The average molecular weight is 376 g/mol. The van der Waals surface area contributed by atoms with Crippen LogP contribution in [0.2, 0.25) is 0 Å². The van der Waals surface area contributed by atoms with Gasteiger partial charge >= 0.3 is 0 Å². The summed E-state index contributed by atoms with van der Waals surface area (Å²) >= 11 is 0. The number of aromatic nitrogens is 3. The number of halogens is 1. The summed E-state index contributed by atoms with van der Waals surface area (Å²) in [7, 11) is 0. The summed E-state index contributed by atoms with van der Waals surface area (Å²) < 4.78 is 13.1. The third kappa shape index (κ3) is 2.99. The van der Waals surface area contributed by atoms with Crippen molar-refractivity contribution in [3.63, 3.8) is 0 Å². The van der Waals surface area contributed by atoms with Crippen molar-refractivity contribution in [1.29, 1.82) is 0 Å². The second-order valence-corrected chi connectivity index (χ2v) is 7.66. The van der Waals surface area contributed by atoms with E-state index in [2.05, 4.69) is 15.1 Å². The normalized spacial score (nSPS) is 23.8. The van der Waals surface area contributed by atoms with Crippen LogP contribution in [0, 0.1) is 5.82 Å². The molecule has 2 atom stereocenters. The van der Waals surface area contributed by atoms with Gasteiger partial charge in [0.25, 0.3) is 5.91 Å². The third-order valence-electron chi connectivity index (χ3n) is 6.02. The highest BCUT2D eigenvalue weighted by Crippen LogP contribution is 2.41. The lowest BCUT2D eigenvalue weighted by Crippen LogP contribution is -2.47. The molecule has 5 nitrogen and oxygen atoms in total. The SMILES string of the molecule is O=C(c1ccc(-c2ccc(F)cc2)cc1)N1C2CCC1CC(n1nccn1)C2. The van der Waals surface area contributed by atoms with Crippen LogP contribution in [0.15, 0.2) is 60.9 Å². The van der Waals surface area contributed by atoms with Crippen molar-refractivity contribution >= 4 is 5.91 Å². The molecule has 6 heteroatoms. The largest absolute Gasteiger partial charge is 0.333 e. The van der Waals surface area contributed by atoms with Crippen LogP contribution in [0.4, 0.5) is 4.39 Å². The smallest absolute Gasteiger partial charge is 0.254 e. The third-order valence-corrected chi connectivity index (χ3v) is 6.02. The summed E-state index contributed by atoms with van der Waals surface area (Å²) in [6.07, 6.45) is 7.32. The lowest BCUT2D eigenvalue weighted by Gasteiger charge is -2.38. The molecule has 1 amide bonds. The second kappa shape index (κ2) is 6.86. The Morgan fingerprint density at radius 1 is 0.821 bits per heavy atom. The van der Waals surface area contributed by atoms with Crippen molar-refractivity contribution in [1.82, 2.24) is 19.9 Å². The topological polar surface area (TPSA) is 51.0 Å². The molecule has 5 rings (SSSR count). The molecule has 2 aromatic carbocycles. The molecule has 2 saturated heterocycles. The number of fused-ring (bicyclic) bond motifs is 2. The van der Waals surface area contributed by atoms with Crippen molar-refractivity contribution < 1.29 is 9.18 Å². The number of hydrogen-bond acceptors (Lipinski definition) is 3. The van der Waals surface area contributed by atoms with Gasteiger partial charge in [-0.05, 0) is 61.1 Å². The fourth-order valence-electron chi connectivity index (χ4n) is 4.68. The number of amides is 1. The average Bonchev–Trinajstić information content (AvgIpc) is 3.35. The highest BCUT2D eigenvalue weighted by molar-refractivity contribution is 5.95. The molecule has 2 fully saturated rings. The summed E-state index contributed by atoms with van der Waals surface area (Å²) in [5.41, 5.74) is 2.62. The predicted octanol–water partition coefficient (Wildman–Crippen LogP) is 4.09. The molecule has 3 aromatic rings. The zero-order chi connectivity index (χ0) is 19.1. The monoisotopic (exact) mass is 376 g/mol. The fraction of sp³-hybridized carbons (Fsp3) is 0.318. The minimum Gasteiger partial charge on any atom is -0.333 e. The van der Waals surface area contributed by atoms with E-state index in [1.807, 2.05) is 24.3 Å². The Bertz CT molecular complexity index is 955. The quantitative estimate of drug-likeness (QED) is 0.692. The Balaban J connectivity index is 1.33. The Morgan fingerprint density at radius 3 is 1.93 bits per heavy atom. The minimum atomic E-state index is -0.250. The predicted molar refractivity (Wildman–Crippen MR) is 103 cm³/mol.